The molecule has 0 saturated carbocycles. The van der Waals surface area contributed by atoms with E-state index in [1.54, 1.807) is 18.0 Å². The number of nitrogens with zero attached hydrogens (tertiary/aromatic N) is 3. The minimum absolute atomic E-state index is 0.0730. The van der Waals surface area contributed by atoms with Crippen LogP contribution < -0.4 is 10.1 Å². The second-order valence-electron chi connectivity index (χ2n) is 5.38. The lowest BCUT2D eigenvalue weighted by Crippen LogP contribution is -2.43. The average molecular weight is 324 g/mol. The maximum Gasteiger partial charge on any atom is 0.271 e. The van der Waals surface area contributed by atoms with Gasteiger partial charge in [0.05, 0.1) is 13.2 Å². The molecule has 2 heterocycles. The maximum absolute atomic E-state index is 12.0. The first-order valence-electron chi connectivity index (χ1n) is 7.92. The molecule has 128 valence electrons. The van der Waals surface area contributed by atoms with Crippen molar-refractivity contribution in [2.75, 3.05) is 39.5 Å². The zero-order chi connectivity index (χ0) is 16.7. The molecule has 1 saturated heterocycles. The van der Waals surface area contributed by atoms with Gasteiger partial charge < -0.3 is 19.7 Å². The molecule has 0 spiro atoms. The topological polar surface area (TPSA) is 85.7 Å². The highest BCUT2D eigenvalue weighted by molar-refractivity contribution is 5.92. The van der Waals surface area contributed by atoms with Crippen LogP contribution in [-0.4, -0.2) is 65.9 Å². The van der Waals surface area contributed by atoms with Crippen molar-refractivity contribution in [2.24, 2.45) is 7.05 Å². The van der Waals surface area contributed by atoms with Gasteiger partial charge in [-0.05, 0) is 6.42 Å². The number of aryl methyl sites for hydroxylation is 1. The second kappa shape index (κ2) is 8.52. The van der Waals surface area contributed by atoms with Crippen molar-refractivity contribution in [1.29, 1.82) is 0 Å². The van der Waals surface area contributed by atoms with E-state index in [4.69, 9.17) is 9.47 Å². The predicted octanol–water partition coefficient (Wildman–Crippen LogP) is 0.188. The molecule has 1 aromatic rings. The number of unbranched alkanes of at least 4 members (excludes halogenated alkanes) is 1. The van der Waals surface area contributed by atoms with Crippen LogP contribution in [0, 0.1) is 0 Å². The Balaban J connectivity index is 1.85. The number of hydrogen-bond acceptors (Lipinski definition) is 5. The zero-order valence-corrected chi connectivity index (χ0v) is 13.7. The van der Waals surface area contributed by atoms with E-state index in [2.05, 4.69) is 17.3 Å². The van der Waals surface area contributed by atoms with Gasteiger partial charge in [-0.2, -0.15) is 5.10 Å². The molecule has 1 N–H and O–H groups in total. The number of carbonyl (C=O) groups excluding carboxylic acids is 2. The minimum atomic E-state index is -0.233. The first-order valence-corrected chi connectivity index (χ1v) is 7.92. The van der Waals surface area contributed by atoms with E-state index in [0.29, 0.717) is 38.7 Å². The quantitative estimate of drug-likeness (QED) is 0.724. The highest BCUT2D eigenvalue weighted by atomic mass is 16.5. The van der Waals surface area contributed by atoms with Crippen molar-refractivity contribution in [3.63, 3.8) is 0 Å². The molecule has 1 aromatic heterocycles. The molecule has 0 aromatic carbocycles. The van der Waals surface area contributed by atoms with Gasteiger partial charge in [0.2, 0.25) is 5.88 Å². The SMILES string of the molecule is CCCCNC(=O)c1cc(OCC(=O)N2CCOCC2)n(C)n1. The first kappa shape index (κ1) is 17.3. The molecule has 2 amide bonds. The summed E-state index contributed by atoms with van der Waals surface area (Å²) in [6, 6.07) is 1.55. The van der Waals surface area contributed by atoms with Gasteiger partial charge in [0, 0.05) is 32.7 Å². The van der Waals surface area contributed by atoms with Gasteiger partial charge in [-0.3, -0.25) is 9.59 Å². The number of aromatic nitrogens is 2. The largest absolute Gasteiger partial charge is 0.468 e. The molecule has 23 heavy (non-hydrogen) atoms. The highest BCUT2D eigenvalue weighted by Gasteiger charge is 2.19. The minimum Gasteiger partial charge on any atom is -0.468 e. The van der Waals surface area contributed by atoms with E-state index < -0.39 is 0 Å². The van der Waals surface area contributed by atoms with Crippen LogP contribution in [0.15, 0.2) is 6.07 Å². The number of hydrogen-bond donors (Lipinski definition) is 1. The van der Waals surface area contributed by atoms with Gasteiger partial charge in [-0.1, -0.05) is 13.3 Å². The number of nitrogens with one attached hydrogen (secondary N) is 1. The Morgan fingerprint density at radius 3 is 2.83 bits per heavy atom. The number of amides is 2. The Labute approximate surface area is 135 Å². The van der Waals surface area contributed by atoms with Crippen LogP contribution >= 0.6 is 0 Å². The first-order chi connectivity index (χ1) is 11.1. The summed E-state index contributed by atoms with van der Waals surface area (Å²) in [5, 5.41) is 6.91. The predicted molar refractivity (Wildman–Crippen MR) is 83.3 cm³/mol. The third-order valence-electron chi connectivity index (χ3n) is 3.59. The highest BCUT2D eigenvalue weighted by Crippen LogP contribution is 2.12. The number of ether oxygens (including phenoxy) is 2. The summed E-state index contributed by atoms with van der Waals surface area (Å²) in [6.07, 6.45) is 1.94. The molecule has 1 aliphatic heterocycles. The van der Waals surface area contributed by atoms with Crippen molar-refractivity contribution in [3.8, 4) is 5.88 Å². The van der Waals surface area contributed by atoms with Crippen LogP contribution in [-0.2, 0) is 16.6 Å². The van der Waals surface area contributed by atoms with E-state index in [0.717, 1.165) is 12.8 Å². The van der Waals surface area contributed by atoms with Crippen LogP contribution in [0.5, 0.6) is 5.88 Å². The average Bonchev–Trinajstić information content (AvgIpc) is 2.94. The Bertz CT molecular complexity index is 538. The number of rotatable bonds is 7. The van der Waals surface area contributed by atoms with Crippen LogP contribution in [0.25, 0.3) is 0 Å². The molecule has 0 radical (unpaired) electrons. The van der Waals surface area contributed by atoms with Crippen molar-refractivity contribution in [2.45, 2.75) is 19.8 Å². The Kier molecular flexibility index (Phi) is 6.40. The summed E-state index contributed by atoms with van der Waals surface area (Å²) in [5.74, 6) is 0.0686. The number of morpholine rings is 1. The summed E-state index contributed by atoms with van der Waals surface area (Å²) < 4.78 is 12.2. The van der Waals surface area contributed by atoms with Gasteiger partial charge in [0.25, 0.3) is 11.8 Å². The van der Waals surface area contributed by atoms with Crippen LogP contribution in [0.1, 0.15) is 30.3 Å². The van der Waals surface area contributed by atoms with E-state index in [1.165, 1.54) is 4.68 Å². The standard InChI is InChI=1S/C15H24N4O4/c1-3-4-5-16-15(21)12-10-14(18(2)17-12)23-11-13(20)19-6-8-22-9-7-19/h10H,3-9,11H2,1-2H3,(H,16,21). The molecule has 0 bridgehead atoms. The zero-order valence-electron chi connectivity index (χ0n) is 13.7. The van der Waals surface area contributed by atoms with E-state index >= 15 is 0 Å². The molecular weight excluding hydrogens is 300 g/mol. The molecule has 8 heteroatoms. The fraction of sp³-hybridized carbons (Fsp3) is 0.667. The van der Waals surface area contributed by atoms with Gasteiger partial charge >= 0.3 is 0 Å². The van der Waals surface area contributed by atoms with Crippen LogP contribution in [0.3, 0.4) is 0 Å². The van der Waals surface area contributed by atoms with Gasteiger partial charge in [-0.15, -0.1) is 0 Å². The fourth-order valence-electron chi connectivity index (χ4n) is 2.21. The summed E-state index contributed by atoms with van der Waals surface area (Å²) in [4.78, 5) is 25.7. The second-order valence-corrected chi connectivity index (χ2v) is 5.38. The molecule has 1 aliphatic rings. The molecule has 0 unspecified atom stereocenters. The normalized spacial score (nSPS) is 14.6. The van der Waals surface area contributed by atoms with Gasteiger partial charge in [0.1, 0.15) is 0 Å². The lowest BCUT2D eigenvalue weighted by Gasteiger charge is -2.26. The van der Waals surface area contributed by atoms with Gasteiger partial charge in [0.15, 0.2) is 12.3 Å². The molecule has 8 nitrogen and oxygen atoms in total. The lowest BCUT2D eigenvalue weighted by atomic mass is 10.3. The third-order valence-corrected chi connectivity index (χ3v) is 3.59. The lowest BCUT2D eigenvalue weighted by molar-refractivity contribution is -0.137. The summed E-state index contributed by atoms with van der Waals surface area (Å²) >= 11 is 0. The molecule has 0 atom stereocenters. The van der Waals surface area contributed by atoms with Crippen molar-refractivity contribution in [3.05, 3.63) is 11.8 Å². The fourth-order valence-corrected chi connectivity index (χ4v) is 2.21. The van der Waals surface area contributed by atoms with Crippen molar-refractivity contribution < 1.29 is 19.1 Å². The van der Waals surface area contributed by atoms with Crippen molar-refractivity contribution >= 4 is 11.8 Å². The summed E-state index contributed by atoms with van der Waals surface area (Å²) in [5.41, 5.74) is 0.289. The van der Waals surface area contributed by atoms with E-state index in [-0.39, 0.29) is 24.1 Å². The Morgan fingerprint density at radius 1 is 1.39 bits per heavy atom. The van der Waals surface area contributed by atoms with Crippen LogP contribution in [0.2, 0.25) is 0 Å². The van der Waals surface area contributed by atoms with Gasteiger partial charge in [-0.25, -0.2) is 4.68 Å². The monoisotopic (exact) mass is 324 g/mol. The number of carbonyl (C=O) groups is 2. The third kappa shape index (κ3) is 4.95. The summed E-state index contributed by atoms with van der Waals surface area (Å²) in [6.45, 7) is 4.88. The van der Waals surface area contributed by atoms with E-state index in [9.17, 15) is 9.59 Å². The smallest absolute Gasteiger partial charge is 0.271 e. The van der Waals surface area contributed by atoms with Crippen molar-refractivity contribution in [1.82, 2.24) is 20.0 Å². The summed E-state index contributed by atoms with van der Waals surface area (Å²) in [7, 11) is 1.68. The molecule has 1 fully saturated rings. The van der Waals surface area contributed by atoms with E-state index in [1.807, 2.05) is 0 Å². The maximum atomic E-state index is 12.0. The molecule has 0 aliphatic carbocycles. The Morgan fingerprint density at radius 2 is 2.13 bits per heavy atom. The molecular formula is C15H24N4O4. The molecule has 2 rings (SSSR count). The van der Waals surface area contributed by atoms with Crippen LogP contribution in [0.4, 0.5) is 0 Å². The Hall–Kier alpha value is -2.09.